The lowest BCUT2D eigenvalue weighted by atomic mass is 10.0. The van der Waals surface area contributed by atoms with Crippen LogP contribution in [0.15, 0.2) is 24.3 Å². The Hall–Kier alpha value is -1.35. The summed E-state index contributed by atoms with van der Waals surface area (Å²) in [5, 5.41) is 0. The first kappa shape index (κ1) is 15.0. The van der Waals surface area contributed by atoms with E-state index in [1.165, 1.54) is 17.5 Å². The topological polar surface area (TPSA) is 46.3 Å². The minimum Gasteiger partial charge on any atom is -0.338 e. The van der Waals surface area contributed by atoms with Gasteiger partial charge in [0.25, 0.3) is 0 Å². The van der Waals surface area contributed by atoms with Gasteiger partial charge in [0.2, 0.25) is 5.91 Å². The summed E-state index contributed by atoms with van der Waals surface area (Å²) < 4.78 is 0. The Morgan fingerprint density at radius 2 is 1.95 bits per heavy atom. The zero-order valence-electron chi connectivity index (χ0n) is 12.5. The van der Waals surface area contributed by atoms with E-state index in [4.69, 9.17) is 5.73 Å². The zero-order chi connectivity index (χ0) is 14.4. The van der Waals surface area contributed by atoms with Crippen molar-refractivity contribution in [2.75, 3.05) is 13.1 Å². The molecule has 0 aromatic heterocycles. The molecule has 1 atom stereocenters. The van der Waals surface area contributed by atoms with Crippen LogP contribution in [0.25, 0.3) is 0 Å². The van der Waals surface area contributed by atoms with Crippen molar-refractivity contribution in [3.05, 3.63) is 35.4 Å². The molecule has 3 heteroatoms. The lowest BCUT2D eigenvalue weighted by Crippen LogP contribution is -2.47. The van der Waals surface area contributed by atoms with Crippen molar-refractivity contribution in [1.82, 2.24) is 4.90 Å². The van der Waals surface area contributed by atoms with Gasteiger partial charge in [-0.25, -0.2) is 0 Å². The van der Waals surface area contributed by atoms with Crippen LogP contribution in [0.4, 0.5) is 0 Å². The number of piperidine rings is 1. The van der Waals surface area contributed by atoms with Crippen molar-refractivity contribution < 1.29 is 4.79 Å². The maximum atomic E-state index is 12.3. The van der Waals surface area contributed by atoms with Crippen LogP contribution >= 0.6 is 0 Å². The molecule has 1 unspecified atom stereocenters. The largest absolute Gasteiger partial charge is 0.338 e. The predicted molar refractivity (Wildman–Crippen MR) is 82.5 cm³/mol. The van der Waals surface area contributed by atoms with Crippen LogP contribution in [0.3, 0.4) is 0 Å². The molecule has 1 fully saturated rings. The maximum absolute atomic E-state index is 12.3. The number of rotatable bonds is 5. The predicted octanol–water partition coefficient (Wildman–Crippen LogP) is 2.52. The van der Waals surface area contributed by atoms with Gasteiger partial charge in [-0.05, 0) is 43.2 Å². The van der Waals surface area contributed by atoms with Gasteiger partial charge in [0, 0.05) is 25.6 Å². The molecular weight excluding hydrogens is 248 g/mol. The van der Waals surface area contributed by atoms with Crippen molar-refractivity contribution in [2.24, 2.45) is 5.73 Å². The fourth-order valence-corrected chi connectivity index (χ4v) is 2.91. The van der Waals surface area contributed by atoms with Gasteiger partial charge in [0.15, 0.2) is 0 Å². The third-order valence-corrected chi connectivity index (χ3v) is 4.28. The molecule has 1 aliphatic heterocycles. The molecule has 0 bridgehead atoms. The van der Waals surface area contributed by atoms with E-state index in [-0.39, 0.29) is 11.9 Å². The van der Waals surface area contributed by atoms with Crippen molar-refractivity contribution in [1.29, 1.82) is 0 Å². The second kappa shape index (κ2) is 7.44. The molecule has 3 nitrogen and oxygen atoms in total. The molecule has 1 aromatic rings. The normalized spacial score (nSPS) is 19.1. The Bertz CT molecular complexity index is 427. The van der Waals surface area contributed by atoms with E-state index < -0.39 is 0 Å². The molecule has 1 heterocycles. The smallest absolute Gasteiger partial charge is 0.223 e. The van der Waals surface area contributed by atoms with E-state index in [0.717, 1.165) is 32.2 Å². The molecule has 0 radical (unpaired) electrons. The zero-order valence-corrected chi connectivity index (χ0v) is 12.5. The maximum Gasteiger partial charge on any atom is 0.223 e. The molecule has 0 saturated carbocycles. The number of benzene rings is 1. The minimum absolute atomic E-state index is 0.263. The van der Waals surface area contributed by atoms with Crippen molar-refractivity contribution in [2.45, 2.75) is 51.5 Å². The molecule has 110 valence electrons. The van der Waals surface area contributed by atoms with Crippen molar-refractivity contribution in [3.63, 3.8) is 0 Å². The quantitative estimate of drug-likeness (QED) is 0.897. The molecule has 2 rings (SSSR count). The summed E-state index contributed by atoms with van der Waals surface area (Å²) in [5.74, 6) is 0.264. The summed E-state index contributed by atoms with van der Waals surface area (Å²) in [5.41, 5.74) is 8.37. The summed E-state index contributed by atoms with van der Waals surface area (Å²) >= 11 is 0. The summed E-state index contributed by atoms with van der Waals surface area (Å²) in [7, 11) is 0. The number of aryl methyl sites for hydroxylation is 2. The summed E-state index contributed by atoms with van der Waals surface area (Å²) in [6, 6.07) is 8.86. The third-order valence-electron chi connectivity index (χ3n) is 4.28. The Kier molecular flexibility index (Phi) is 5.60. The molecule has 1 aliphatic rings. The number of carbonyl (C=O) groups excluding carboxylic acids is 1. The van der Waals surface area contributed by atoms with Crippen LogP contribution in [-0.4, -0.2) is 29.9 Å². The second-order valence-corrected chi connectivity index (χ2v) is 5.64. The van der Waals surface area contributed by atoms with E-state index >= 15 is 0 Å². The lowest BCUT2D eigenvalue weighted by molar-refractivity contribution is -0.134. The Morgan fingerprint density at radius 1 is 1.25 bits per heavy atom. The first-order valence-corrected chi connectivity index (χ1v) is 7.82. The number of nitrogens with two attached hydrogens (primary N) is 1. The number of nitrogens with zero attached hydrogens (tertiary/aromatic N) is 1. The molecule has 0 spiro atoms. The number of likely N-dealkylation sites (tertiary alicyclic amines) is 1. The standard InChI is InChI=1S/C17H26N2O/c1-2-14-6-8-15(9-7-14)10-11-17(20)19-12-4-3-5-16(19)13-18/h6-9,16H,2-5,10-13,18H2,1H3. The number of hydrogen-bond acceptors (Lipinski definition) is 2. The van der Waals surface area contributed by atoms with E-state index in [9.17, 15) is 4.79 Å². The van der Waals surface area contributed by atoms with E-state index in [2.05, 4.69) is 31.2 Å². The van der Waals surface area contributed by atoms with Gasteiger partial charge in [-0.1, -0.05) is 31.2 Å². The molecular formula is C17H26N2O. The highest BCUT2D eigenvalue weighted by Gasteiger charge is 2.24. The number of amides is 1. The molecule has 1 saturated heterocycles. The second-order valence-electron chi connectivity index (χ2n) is 5.64. The van der Waals surface area contributed by atoms with Crippen LogP contribution in [-0.2, 0) is 17.6 Å². The Morgan fingerprint density at radius 3 is 2.60 bits per heavy atom. The average Bonchev–Trinajstić information content (AvgIpc) is 2.53. The highest BCUT2D eigenvalue weighted by molar-refractivity contribution is 5.77. The summed E-state index contributed by atoms with van der Waals surface area (Å²) in [6.07, 6.45) is 5.87. The highest BCUT2D eigenvalue weighted by atomic mass is 16.2. The molecule has 0 aliphatic carbocycles. The van der Waals surface area contributed by atoms with Gasteiger partial charge in [-0.15, -0.1) is 0 Å². The SMILES string of the molecule is CCc1ccc(CCC(=O)N2CCCCC2CN)cc1. The fraction of sp³-hybridized carbons (Fsp3) is 0.588. The van der Waals surface area contributed by atoms with Crippen molar-refractivity contribution >= 4 is 5.91 Å². The van der Waals surface area contributed by atoms with Crippen molar-refractivity contribution in [3.8, 4) is 0 Å². The highest BCUT2D eigenvalue weighted by Crippen LogP contribution is 2.18. The monoisotopic (exact) mass is 274 g/mol. The van der Waals surface area contributed by atoms with Gasteiger partial charge in [0.05, 0.1) is 0 Å². The van der Waals surface area contributed by atoms with Crippen LogP contribution in [0.5, 0.6) is 0 Å². The third kappa shape index (κ3) is 3.83. The molecule has 2 N–H and O–H groups in total. The number of carbonyl (C=O) groups is 1. The first-order chi connectivity index (χ1) is 9.74. The Balaban J connectivity index is 1.87. The van der Waals surface area contributed by atoms with Gasteiger partial charge < -0.3 is 10.6 Å². The number of hydrogen-bond donors (Lipinski definition) is 1. The minimum atomic E-state index is 0.263. The van der Waals surface area contributed by atoms with E-state index in [1.807, 2.05) is 4.90 Å². The van der Waals surface area contributed by atoms with Crippen LogP contribution in [0, 0.1) is 0 Å². The lowest BCUT2D eigenvalue weighted by Gasteiger charge is -2.35. The van der Waals surface area contributed by atoms with Crippen LogP contribution < -0.4 is 5.73 Å². The molecule has 1 aromatic carbocycles. The first-order valence-electron chi connectivity index (χ1n) is 7.82. The summed E-state index contributed by atoms with van der Waals surface area (Å²) in [6.45, 7) is 3.63. The van der Waals surface area contributed by atoms with Crippen LogP contribution in [0.1, 0.15) is 43.7 Å². The molecule has 20 heavy (non-hydrogen) atoms. The summed E-state index contributed by atoms with van der Waals surface area (Å²) in [4.78, 5) is 14.3. The Labute approximate surface area is 122 Å². The van der Waals surface area contributed by atoms with Gasteiger partial charge >= 0.3 is 0 Å². The van der Waals surface area contributed by atoms with Crippen LogP contribution in [0.2, 0.25) is 0 Å². The van der Waals surface area contributed by atoms with Gasteiger partial charge in [0.1, 0.15) is 0 Å². The van der Waals surface area contributed by atoms with Gasteiger partial charge in [-0.3, -0.25) is 4.79 Å². The average molecular weight is 274 g/mol. The molecule has 1 amide bonds. The fourth-order valence-electron chi connectivity index (χ4n) is 2.91. The van der Waals surface area contributed by atoms with E-state index in [0.29, 0.717) is 13.0 Å². The van der Waals surface area contributed by atoms with Gasteiger partial charge in [-0.2, -0.15) is 0 Å². The van der Waals surface area contributed by atoms with E-state index in [1.54, 1.807) is 0 Å².